The Kier molecular flexibility index (Phi) is 8.66. The summed E-state index contributed by atoms with van der Waals surface area (Å²) in [5.74, 6) is 1.74. The molecule has 0 amide bonds. The van der Waals surface area contributed by atoms with E-state index in [4.69, 9.17) is 27.9 Å². The Morgan fingerprint density at radius 2 is 2.16 bits per heavy atom. The highest BCUT2D eigenvalue weighted by Crippen LogP contribution is 2.26. The lowest BCUT2D eigenvalue weighted by Gasteiger charge is -2.13. The molecule has 0 spiro atoms. The summed E-state index contributed by atoms with van der Waals surface area (Å²) in [6, 6.07) is 5.04. The molecular weight excluding hydrogens is 305 g/mol. The van der Waals surface area contributed by atoms with E-state index in [0.29, 0.717) is 22.3 Å². The van der Waals surface area contributed by atoms with Crippen LogP contribution in [0.3, 0.4) is 0 Å². The van der Waals surface area contributed by atoms with Crippen molar-refractivity contribution < 1.29 is 9.84 Å². The van der Waals surface area contributed by atoms with E-state index in [1.807, 2.05) is 11.8 Å². The van der Waals surface area contributed by atoms with Gasteiger partial charge in [0.25, 0.3) is 0 Å². The van der Waals surface area contributed by atoms with Crippen molar-refractivity contribution in [2.75, 3.05) is 31.7 Å². The minimum atomic E-state index is -0.538. The van der Waals surface area contributed by atoms with Gasteiger partial charge < -0.3 is 15.2 Å². The average molecular weight is 324 g/mol. The molecular formula is C13H19Cl2NO2S. The number of hydrogen-bond acceptors (Lipinski definition) is 4. The monoisotopic (exact) mass is 323 g/mol. The van der Waals surface area contributed by atoms with Crippen LogP contribution in [0.5, 0.6) is 5.75 Å². The second kappa shape index (κ2) is 9.72. The summed E-state index contributed by atoms with van der Waals surface area (Å²) in [4.78, 5) is 0. The highest BCUT2D eigenvalue weighted by atomic mass is 35.5. The van der Waals surface area contributed by atoms with Crippen molar-refractivity contribution in [3.63, 3.8) is 0 Å². The Bertz CT molecular complexity index is 380. The van der Waals surface area contributed by atoms with Crippen LogP contribution < -0.4 is 10.1 Å². The fourth-order valence-electron chi connectivity index (χ4n) is 1.43. The first-order chi connectivity index (χ1) is 9.13. The van der Waals surface area contributed by atoms with E-state index in [0.717, 1.165) is 18.7 Å². The molecule has 0 heterocycles. The lowest BCUT2D eigenvalue weighted by molar-refractivity contribution is 0.106. The van der Waals surface area contributed by atoms with Crippen LogP contribution in [0.25, 0.3) is 0 Å². The standard InChI is InChI=1S/C13H19Cl2NO2S/c1-19-6-2-5-16-8-10(17)9-18-11-3-4-12(14)13(15)7-11/h3-4,7,10,16-17H,2,5-6,8-9H2,1H3. The Morgan fingerprint density at radius 1 is 1.37 bits per heavy atom. The van der Waals surface area contributed by atoms with Gasteiger partial charge in [0.05, 0.1) is 10.0 Å². The van der Waals surface area contributed by atoms with Gasteiger partial charge in [-0.3, -0.25) is 0 Å². The highest BCUT2D eigenvalue weighted by Gasteiger charge is 2.06. The van der Waals surface area contributed by atoms with Gasteiger partial charge in [0.2, 0.25) is 0 Å². The fraction of sp³-hybridized carbons (Fsp3) is 0.538. The Hall–Kier alpha value is -0.130. The largest absolute Gasteiger partial charge is 0.491 e. The Morgan fingerprint density at radius 3 is 2.84 bits per heavy atom. The minimum absolute atomic E-state index is 0.230. The zero-order valence-corrected chi connectivity index (χ0v) is 13.2. The number of halogens is 2. The predicted molar refractivity (Wildman–Crippen MR) is 83.8 cm³/mol. The second-order valence-corrected chi connectivity index (χ2v) is 5.89. The molecule has 108 valence electrons. The summed E-state index contributed by atoms with van der Waals surface area (Å²) < 4.78 is 5.44. The van der Waals surface area contributed by atoms with Crippen LogP contribution in [0.2, 0.25) is 10.0 Å². The number of thioether (sulfide) groups is 1. The lowest BCUT2D eigenvalue weighted by atomic mass is 10.3. The van der Waals surface area contributed by atoms with Crippen LogP contribution in [0.15, 0.2) is 18.2 Å². The third kappa shape index (κ3) is 7.28. The van der Waals surface area contributed by atoms with Crippen molar-refractivity contribution >= 4 is 35.0 Å². The maximum atomic E-state index is 9.74. The van der Waals surface area contributed by atoms with E-state index in [1.165, 1.54) is 0 Å². The fourth-order valence-corrected chi connectivity index (χ4v) is 2.15. The van der Waals surface area contributed by atoms with E-state index < -0.39 is 6.10 Å². The normalized spacial score (nSPS) is 12.4. The topological polar surface area (TPSA) is 41.5 Å². The predicted octanol–water partition coefficient (Wildman–Crippen LogP) is 3.08. The first-order valence-corrected chi connectivity index (χ1v) is 8.24. The van der Waals surface area contributed by atoms with Gasteiger partial charge in [0.1, 0.15) is 18.5 Å². The van der Waals surface area contributed by atoms with E-state index in [9.17, 15) is 5.11 Å². The third-order valence-electron chi connectivity index (χ3n) is 2.42. The van der Waals surface area contributed by atoms with E-state index in [1.54, 1.807) is 18.2 Å². The summed E-state index contributed by atoms with van der Waals surface area (Å²) in [7, 11) is 0. The van der Waals surface area contributed by atoms with Crippen molar-refractivity contribution in [3.05, 3.63) is 28.2 Å². The summed E-state index contributed by atoms with van der Waals surface area (Å²) in [6.45, 7) is 1.66. The molecule has 0 saturated carbocycles. The van der Waals surface area contributed by atoms with Gasteiger partial charge in [-0.05, 0) is 37.1 Å². The van der Waals surface area contributed by atoms with Gasteiger partial charge in [0, 0.05) is 12.6 Å². The average Bonchev–Trinajstić information content (AvgIpc) is 2.40. The minimum Gasteiger partial charge on any atom is -0.491 e. The van der Waals surface area contributed by atoms with Crippen molar-refractivity contribution in [1.82, 2.24) is 5.32 Å². The lowest BCUT2D eigenvalue weighted by Crippen LogP contribution is -2.32. The molecule has 1 aromatic rings. The molecule has 1 aromatic carbocycles. The number of ether oxygens (including phenoxy) is 1. The number of aliphatic hydroxyl groups is 1. The maximum absolute atomic E-state index is 9.74. The molecule has 0 fully saturated rings. The summed E-state index contributed by atoms with van der Waals surface area (Å²) in [5.41, 5.74) is 0. The maximum Gasteiger partial charge on any atom is 0.121 e. The van der Waals surface area contributed by atoms with Crippen molar-refractivity contribution in [2.24, 2.45) is 0 Å². The molecule has 0 aliphatic carbocycles. The van der Waals surface area contributed by atoms with Crippen molar-refractivity contribution in [2.45, 2.75) is 12.5 Å². The molecule has 2 N–H and O–H groups in total. The first-order valence-electron chi connectivity index (χ1n) is 6.09. The van der Waals surface area contributed by atoms with Gasteiger partial charge in [-0.25, -0.2) is 0 Å². The van der Waals surface area contributed by atoms with E-state index >= 15 is 0 Å². The molecule has 0 aromatic heterocycles. The van der Waals surface area contributed by atoms with E-state index in [2.05, 4.69) is 11.6 Å². The number of nitrogens with one attached hydrogen (secondary N) is 1. The van der Waals surface area contributed by atoms with Crippen LogP contribution in [0.1, 0.15) is 6.42 Å². The van der Waals surface area contributed by atoms with Crippen LogP contribution in [-0.4, -0.2) is 42.9 Å². The quantitative estimate of drug-likeness (QED) is 0.685. The van der Waals surface area contributed by atoms with Gasteiger partial charge in [-0.1, -0.05) is 23.2 Å². The summed E-state index contributed by atoms with van der Waals surface area (Å²) in [6.07, 6.45) is 2.64. The molecule has 0 bridgehead atoms. The zero-order valence-electron chi connectivity index (χ0n) is 10.9. The Balaban J connectivity index is 2.18. The second-order valence-electron chi connectivity index (χ2n) is 4.09. The number of rotatable bonds is 9. The molecule has 0 radical (unpaired) electrons. The summed E-state index contributed by atoms with van der Waals surface area (Å²) >= 11 is 13.5. The molecule has 19 heavy (non-hydrogen) atoms. The van der Waals surface area contributed by atoms with Crippen LogP contribution >= 0.6 is 35.0 Å². The SMILES string of the molecule is CSCCCNCC(O)COc1ccc(Cl)c(Cl)c1. The summed E-state index contributed by atoms with van der Waals surface area (Å²) in [5, 5.41) is 13.9. The smallest absolute Gasteiger partial charge is 0.121 e. The van der Waals surface area contributed by atoms with Gasteiger partial charge >= 0.3 is 0 Å². The molecule has 0 aliphatic heterocycles. The zero-order chi connectivity index (χ0) is 14.1. The number of aliphatic hydroxyl groups excluding tert-OH is 1. The Labute approximate surface area is 128 Å². The third-order valence-corrected chi connectivity index (χ3v) is 3.85. The van der Waals surface area contributed by atoms with E-state index in [-0.39, 0.29) is 6.61 Å². The molecule has 6 heteroatoms. The molecule has 1 atom stereocenters. The molecule has 1 rings (SSSR count). The molecule has 0 aliphatic rings. The highest BCUT2D eigenvalue weighted by molar-refractivity contribution is 7.98. The van der Waals surface area contributed by atoms with Crippen molar-refractivity contribution in [1.29, 1.82) is 0 Å². The molecule has 0 saturated heterocycles. The van der Waals surface area contributed by atoms with Gasteiger partial charge in [-0.15, -0.1) is 0 Å². The van der Waals surface area contributed by atoms with Gasteiger partial charge in [-0.2, -0.15) is 11.8 Å². The van der Waals surface area contributed by atoms with Crippen LogP contribution in [0.4, 0.5) is 0 Å². The molecule has 3 nitrogen and oxygen atoms in total. The van der Waals surface area contributed by atoms with Crippen LogP contribution in [0, 0.1) is 0 Å². The number of benzene rings is 1. The van der Waals surface area contributed by atoms with Crippen molar-refractivity contribution in [3.8, 4) is 5.75 Å². The van der Waals surface area contributed by atoms with Crippen LogP contribution in [-0.2, 0) is 0 Å². The number of hydrogen-bond donors (Lipinski definition) is 2. The molecule has 1 unspecified atom stereocenters. The van der Waals surface area contributed by atoms with Gasteiger partial charge in [0.15, 0.2) is 0 Å². The first kappa shape index (κ1) is 16.9.